The van der Waals surface area contributed by atoms with Crippen LogP contribution in [0.2, 0.25) is 0 Å². The van der Waals surface area contributed by atoms with Crippen molar-refractivity contribution < 1.29 is 9.53 Å². The molecule has 0 spiro atoms. The quantitative estimate of drug-likeness (QED) is 0.819. The van der Waals surface area contributed by atoms with Gasteiger partial charge in [0.15, 0.2) is 0 Å². The van der Waals surface area contributed by atoms with Crippen molar-refractivity contribution in [1.29, 1.82) is 0 Å². The molecule has 2 aromatic rings. The van der Waals surface area contributed by atoms with Crippen molar-refractivity contribution in [3.63, 3.8) is 0 Å². The lowest BCUT2D eigenvalue weighted by molar-refractivity contribution is -0.135. The molecule has 1 amide bonds. The monoisotopic (exact) mass is 329 g/mol. The van der Waals surface area contributed by atoms with Gasteiger partial charge in [-0.05, 0) is 20.2 Å². The second kappa shape index (κ2) is 7.44. The Labute approximate surface area is 141 Å². The summed E-state index contributed by atoms with van der Waals surface area (Å²) in [5, 5.41) is 4.06. The van der Waals surface area contributed by atoms with E-state index in [9.17, 15) is 4.79 Å². The first-order valence-electron chi connectivity index (χ1n) is 8.11. The van der Waals surface area contributed by atoms with Crippen molar-refractivity contribution >= 4 is 5.91 Å². The molecule has 0 unspecified atom stereocenters. The van der Waals surface area contributed by atoms with E-state index in [1.807, 2.05) is 43.3 Å². The van der Waals surface area contributed by atoms with Crippen LogP contribution in [0, 0.1) is 0 Å². The van der Waals surface area contributed by atoms with E-state index in [1.165, 1.54) is 6.33 Å². The van der Waals surface area contributed by atoms with Crippen LogP contribution in [-0.4, -0.2) is 63.8 Å². The van der Waals surface area contributed by atoms with Gasteiger partial charge in [0.25, 0.3) is 0 Å². The van der Waals surface area contributed by atoms with Crippen molar-refractivity contribution in [2.75, 3.05) is 27.2 Å². The molecule has 1 aromatic carbocycles. The van der Waals surface area contributed by atoms with E-state index in [4.69, 9.17) is 4.74 Å². The number of benzene rings is 1. The molecular formula is C17H23N5O2. The van der Waals surface area contributed by atoms with Gasteiger partial charge in [0.05, 0.1) is 12.6 Å². The first-order chi connectivity index (χ1) is 11.6. The van der Waals surface area contributed by atoms with Crippen molar-refractivity contribution in [3.05, 3.63) is 42.5 Å². The Morgan fingerprint density at radius 2 is 2.21 bits per heavy atom. The number of carbonyl (C=O) groups excluding carboxylic acids is 1. The number of para-hydroxylation sites is 1. The number of amides is 1. The molecule has 0 radical (unpaired) electrons. The molecule has 1 aromatic heterocycles. The van der Waals surface area contributed by atoms with Gasteiger partial charge in [0.2, 0.25) is 5.91 Å². The summed E-state index contributed by atoms with van der Waals surface area (Å²) in [5.41, 5.74) is 1.05. The number of aromatic nitrogens is 3. The fourth-order valence-corrected chi connectivity index (χ4v) is 2.93. The number of likely N-dealkylation sites (N-methyl/N-ethyl adjacent to an activating group) is 1. The molecule has 1 atom stereocenters. The van der Waals surface area contributed by atoms with Gasteiger partial charge in [0, 0.05) is 25.1 Å². The predicted molar refractivity (Wildman–Crippen MR) is 89.5 cm³/mol. The molecule has 3 rings (SSSR count). The SMILES string of the molecule is CN(C)C[C@H]1COc2ccccc2CN1C(=O)CCn1cncn1. The number of fused-ring (bicyclic) bond motifs is 1. The topological polar surface area (TPSA) is 63.5 Å². The molecule has 0 saturated carbocycles. The maximum Gasteiger partial charge on any atom is 0.225 e. The second-order valence-corrected chi connectivity index (χ2v) is 6.26. The fraction of sp³-hybridized carbons (Fsp3) is 0.471. The number of hydrogen-bond acceptors (Lipinski definition) is 5. The lowest BCUT2D eigenvalue weighted by Crippen LogP contribution is -2.47. The highest BCUT2D eigenvalue weighted by Gasteiger charge is 2.28. The Bertz CT molecular complexity index is 671. The van der Waals surface area contributed by atoms with Crippen LogP contribution in [0.3, 0.4) is 0 Å². The highest BCUT2D eigenvalue weighted by atomic mass is 16.5. The fourth-order valence-electron chi connectivity index (χ4n) is 2.93. The summed E-state index contributed by atoms with van der Waals surface area (Å²) in [6.07, 6.45) is 3.51. The molecule has 2 heterocycles. The molecule has 0 fully saturated rings. The second-order valence-electron chi connectivity index (χ2n) is 6.26. The number of hydrogen-bond donors (Lipinski definition) is 0. The van der Waals surface area contributed by atoms with Crippen molar-refractivity contribution in [1.82, 2.24) is 24.6 Å². The Kier molecular flexibility index (Phi) is 5.10. The summed E-state index contributed by atoms with van der Waals surface area (Å²) in [5.74, 6) is 0.977. The lowest BCUT2D eigenvalue weighted by atomic mass is 10.1. The van der Waals surface area contributed by atoms with Crippen molar-refractivity contribution in [2.24, 2.45) is 0 Å². The standard InChI is InChI=1S/C17H23N5O2/c1-20(2)10-15-11-24-16-6-4-3-5-14(16)9-22(15)17(23)7-8-21-13-18-12-19-21/h3-6,12-13,15H,7-11H2,1-2H3/t15-/m0/s1. The summed E-state index contributed by atoms with van der Waals surface area (Å²) in [4.78, 5) is 20.8. The highest BCUT2D eigenvalue weighted by Crippen LogP contribution is 2.25. The highest BCUT2D eigenvalue weighted by molar-refractivity contribution is 5.76. The summed E-state index contributed by atoms with van der Waals surface area (Å²) in [6, 6.07) is 7.95. The lowest BCUT2D eigenvalue weighted by Gasteiger charge is -2.31. The Morgan fingerprint density at radius 1 is 1.38 bits per heavy atom. The van der Waals surface area contributed by atoms with Crippen LogP contribution in [0.1, 0.15) is 12.0 Å². The molecule has 24 heavy (non-hydrogen) atoms. The minimum absolute atomic E-state index is 0.0237. The van der Waals surface area contributed by atoms with E-state index >= 15 is 0 Å². The molecule has 128 valence electrons. The average molecular weight is 329 g/mol. The number of carbonyl (C=O) groups is 1. The first-order valence-corrected chi connectivity index (χ1v) is 8.11. The van der Waals surface area contributed by atoms with Crippen LogP contribution in [0.15, 0.2) is 36.9 Å². The van der Waals surface area contributed by atoms with E-state index in [2.05, 4.69) is 15.0 Å². The molecule has 1 aliphatic rings. The maximum absolute atomic E-state index is 12.8. The largest absolute Gasteiger partial charge is 0.491 e. The Morgan fingerprint density at radius 3 is 2.96 bits per heavy atom. The third kappa shape index (κ3) is 3.91. The molecule has 7 nitrogen and oxygen atoms in total. The Balaban J connectivity index is 1.75. The summed E-state index contributed by atoms with van der Waals surface area (Å²) in [7, 11) is 4.02. The van der Waals surface area contributed by atoms with E-state index in [0.717, 1.165) is 17.9 Å². The van der Waals surface area contributed by atoms with Gasteiger partial charge in [-0.2, -0.15) is 5.10 Å². The van der Waals surface area contributed by atoms with Gasteiger partial charge in [-0.1, -0.05) is 18.2 Å². The van der Waals surface area contributed by atoms with Crippen molar-refractivity contribution in [2.45, 2.75) is 25.6 Å². The molecule has 0 N–H and O–H groups in total. The number of ether oxygens (including phenoxy) is 1. The summed E-state index contributed by atoms with van der Waals surface area (Å²) in [6.45, 7) is 2.38. The molecule has 0 saturated heterocycles. The summed E-state index contributed by atoms with van der Waals surface area (Å²) >= 11 is 0. The zero-order chi connectivity index (χ0) is 16.9. The van der Waals surface area contributed by atoms with Gasteiger partial charge < -0.3 is 14.5 Å². The van der Waals surface area contributed by atoms with E-state index < -0.39 is 0 Å². The average Bonchev–Trinajstić information content (AvgIpc) is 3.02. The third-order valence-electron chi connectivity index (χ3n) is 4.10. The van der Waals surface area contributed by atoms with Crippen LogP contribution in [0.25, 0.3) is 0 Å². The van der Waals surface area contributed by atoms with Crippen LogP contribution < -0.4 is 4.74 Å². The number of aryl methyl sites for hydroxylation is 1. The zero-order valence-electron chi connectivity index (χ0n) is 14.1. The van der Waals surface area contributed by atoms with Gasteiger partial charge in [-0.15, -0.1) is 0 Å². The summed E-state index contributed by atoms with van der Waals surface area (Å²) < 4.78 is 7.63. The molecule has 0 aliphatic carbocycles. The smallest absolute Gasteiger partial charge is 0.225 e. The van der Waals surface area contributed by atoms with Gasteiger partial charge in [0.1, 0.15) is 25.0 Å². The third-order valence-corrected chi connectivity index (χ3v) is 4.10. The number of nitrogens with zero attached hydrogens (tertiary/aromatic N) is 5. The van der Waals surface area contributed by atoms with Gasteiger partial charge >= 0.3 is 0 Å². The number of rotatable bonds is 5. The molecule has 1 aliphatic heterocycles. The maximum atomic E-state index is 12.8. The molecular weight excluding hydrogens is 306 g/mol. The normalized spacial score (nSPS) is 17.3. The molecule has 7 heteroatoms. The van der Waals surface area contributed by atoms with E-state index in [-0.39, 0.29) is 11.9 Å². The van der Waals surface area contributed by atoms with E-state index in [1.54, 1.807) is 11.0 Å². The Hall–Kier alpha value is -2.41. The van der Waals surface area contributed by atoms with Crippen LogP contribution in [-0.2, 0) is 17.9 Å². The van der Waals surface area contributed by atoms with Crippen LogP contribution >= 0.6 is 0 Å². The van der Waals surface area contributed by atoms with Crippen molar-refractivity contribution in [3.8, 4) is 5.75 Å². The van der Waals surface area contributed by atoms with E-state index in [0.29, 0.717) is 26.1 Å². The molecule has 0 bridgehead atoms. The minimum atomic E-state index is 0.0237. The van der Waals surface area contributed by atoms with Gasteiger partial charge in [-0.3, -0.25) is 9.48 Å². The van der Waals surface area contributed by atoms with Crippen LogP contribution in [0.5, 0.6) is 5.75 Å². The first kappa shape index (κ1) is 16.4. The predicted octanol–water partition coefficient (Wildman–Crippen LogP) is 1.02. The zero-order valence-corrected chi connectivity index (χ0v) is 14.1. The minimum Gasteiger partial charge on any atom is -0.491 e. The van der Waals surface area contributed by atoms with Crippen LogP contribution in [0.4, 0.5) is 0 Å². The van der Waals surface area contributed by atoms with Gasteiger partial charge in [-0.25, -0.2) is 4.98 Å².